The third kappa shape index (κ3) is 5.47. The number of carbonyl (C=O) groups is 2. The van der Waals surface area contributed by atoms with E-state index in [1.165, 1.54) is 6.07 Å². The molecule has 0 aliphatic heterocycles. The van der Waals surface area contributed by atoms with Crippen molar-refractivity contribution >= 4 is 23.5 Å². The van der Waals surface area contributed by atoms with Crippen LogP contribution in [0, 0.1) is 0 Å². The van der Waals surface area contributed by atoms with E-state index >= 15 is 0 Å². The van der Waals surface area contributed by atoms with E-state index < -0.39 is 17.8 Å². The lowest BCUT2D eigenvalue weighted by molar-refractivity contribution is -0.138. The summed E-state index contributed by atoms with van der Waals surface area (Å²) in [6, 6.07) is 13.4. The molecule has 1 unspecified atom stereocenters. The van der Waals surface area contributed by atoms with Crippen LogP contribution in [0.3, 0.4) is 0 Å². The maximum Gasteiger partial charge on any atom is 0.312 e. The smallest absolute Gasteiger partial charge is 0.312 e. The van der Waals surface area contributed by atoms with Crippen molar-refractivity contribution in [1.82, 2.24) is 5.32 Å². The molecule has 0 bridgehead atoms. The van der Waals surface area contributed by atoms with Crippen molar-refractivity contribution in [2.24, 2.45) is 0 Å². The molecular formula is C19H20ClNO5. The largest absolute Gasteiger partial charge is 0.490 e. The molecule has 2 rings (SSSR count). The summed E-state index contributed by atoms with van der Waals surface area (Å²) >= 11 is 5.98. The van der Waals surface area contributed by atoms with Crippen LogP contribution in [0.15, 0.2) is 48.5 Å². The second kappa shape index (κ2) is 9.79. The van der Waals surface area contributed by atoms with Crippen LogP contribution in [-0.2, 0) is 9.53 Å². The summed E-state index contributed by atoms with van der Waals surface area (Å²) < 4.78 is 10.5. The van der Waals surface area contributed by atoms with Crippen molar-refractivity contribution < 1.29 is 24.2 Å². The highest BCUT2D eigenvalue weighted by atomic mass is 35.5. The fourth-order valence-electron chi connectivity index (χ4n) is 2.36. The number of ether oxygens (including phenoxy) is 2. The highest BCUT2D eigenvalue weighted by Crippen LogP contribution is 2.23. The first-order valence-electron chi connectivity index (χ1n) is 8.00. The van der Waals surface area contributed by atoms with Crippen molar-refractivity contribution in [3.8, 4) is 5.75 Å². The van der Waals surface area contributed by atoms with E-state index in [1.807, 2.05) is 0 Å². The van der Waals surface area contributed by atoms with Crippen LogP contribution in [0.25, 0.3) is 0 Å². The third-order valence-electron chi connectivity index (χ3n) is 3.70. The Bertz CT molecular complexity index is 751. The molecule has 26 heavy (non-hydrogen) atoms. The molecular weight excluding hydrogens is 358 g/mol. The lowest BCUT2D eigenvalue weighted by Gasteiger charge is -2.15. The average molecular weight is 378 g/mol. The Labute approximate surface area is 156 Å². The second-order valence-electron chi connectivity index (χ2n) is 5.49. The van der Waals surface area contributed by atoms with Crippen LogP contribution in [0.4, 0.5) is 0 Å². The van der Waals surface area contributed by atoms with Gasteiger partial charge >= 0.3 is 5.97 Å². The van der Waals surface area contributed by atoms with E-state index in [0.29, 0.717) is 22.9 Å². The van der Waals surface area contributed by atoms with Crippen LogP contribution < -0.4 is 10.1 Å². The normalized spacial score (nSPS) is 11.6. The predicted molar refractivity (Wildman–Crippen MR) is 98.0 cm³/mol. The number of carboxylic acids is 1. The van der Waals surface area contributed by atoms with Crippen LogP contribution in [-0.4, -0.2) is 43.9 Å². The van der Waals surface area contributed by atoms with Gasteiger partial charge in [0.25, 0.3) is 5.91 Å². The Hall–Kier alpha value is -2.57. The summed E-state index contributed by atoms with van der Waals surface area (Å²) in [4.78, 5) is 24.1. The van der Waals surface area contributed by atoms with Gasteiger partial charge in [-0.1, -0.05) is 41.9 Å². The van der Waals surface area contributed by atoms with Gasteiger partial charge in [-0.2, -0.15) is 0 Å². The lowest BCUT2D eigenvalue weighted by atomic mass is 9.99. The molecule has 0 aromatic heterocycles. The van der Waals surface area contributed by atoms with Gasteiger partial charge in [0.1, 0.15) is 12.4 Å². The number of methoxy groups -OCH3 is 1. The van der Waals surface area contributed by atoms with E-state index in [4.69, 9.17) is 21.1 Å². The fraction of sp³-hybridized carbons (Fsp3) is 0.263. The Kier molecular flexibility index (Phi) is 7.44. The molecule has 0 saturated heterocycles. The van der Waals surface area contributed by atoms with E-state index in [1.54, 1.807) is 49.6 Å². The van der Waals surface area contributed by atoms with Crippen LogP contribution in [0.2, 0.25) is 5.02 Å². The number of amides is 1. The molecule has 0 radical (unpaired) electrons. The SMILES string of the molecule is COCCOc1ccc(Cl)cc1C(=O)NCC(C(=O)O)c1ccccc1. The number of aliphatic carboxylic acids is 1. The molecule has 0 spiro atoms. The molecule has 1 atom stereocenters. The zero-order valence-corrected chi connectivity index (χ0v) is 15.0. The van der Waals surface area contributed by atoms with Crippen molar-refractivity contribution in [3.63, 3.8) is 0 Å². The van der Waals surface area contributed by atoms with Crippen molar-refractivity contribution in [1.29, 1.82) is 0 Å². The van der Waals surface area contributed by atoms with Crippen molar-refractivity contribution in [2.45, 2.75) is 5.92 Å². The number of rotatable bonds is 9. The molecule has 0 fully saturated rings. The van der Waals surface area contributed by atoms with Crippen molar-refractivity contribution in [2.75, 3.05) is 26.9 Å². The first-order valence-corrected chi connectivity index (χ1v) is 8.38. The van der Waals surface area contributed by atoms with Gasteiger partial charge in [0, 0.05) is 18.7 Å². The summed E-state index contributed by atoms with van der Waals surface area (Å²) in [5, 5.41) is 12.5. The Morgan fingerprint density at radius 2 is 1.88 bits per heavy atom. The van der Waals surface area contributed by atoms with E-state index in [9.17, 15) is 14.7 Å². The lowest BCUT2D eigenvalue weighted by Crippen LogP contribution is -2.32. The van der Waals surface area contributed by atoms with Gasteiger partial charge in [-0.25, -0.2) is 0 Å². The quantitative estimate of drug-likeness (QED) is 0.656. The maximum absolute atomic E-state index is 12.5. The second-order valence-corrected chi connectivity index (χ2v) is 5.93. The molecule has 0 aliphatic rings. The summed E-state index contributed by atoms with van der Waals surface area (Å²) in [6.45, 7) is 0.598. The van der Waals surface area contributed by atoms with Gasteiger partial charge < -0.3 is 19.9 Å². The molecule has 2 aromatic rings. The highest BCUT2D eigenvalue weighted by molar-refractivity contribution is 6.31. The standard InChI is InChI=1S/C19H20ClNO5/c1-25-9-10-26-17-8-7-14(20)11-15(17)18(22)21-12-16(19(23)24)13-5-3-2-4-6-13/h2-8,11,16H,9-10,12H2,1H3,(H,21,22)(H,23,24). The van der Waals surface area contributed by atoms with Crippen LogP contribution in [0.1, 0.15) is 21.8 Å². The first-order chi connectivity index (χ1) is 12.5. The zero-order chi connectivity index (χ0) is 18.9. The molecule has 0 saturated carbocycles. The topological polar surface area (TPSA) is 84.9 Å². The van der Waals surface area contributed by atoms with Crippen LogP contribution in [0.5, 0.6) is 5.75 Å². The Balaban J connectivity index is 2.11. The third-order valence-corrected chi connectivity index (χ3v) is 3.93. The summed E-state index contributed by atoms with van der Waals surface area (Å²) in [5.74, 6) is -1.96. The highest BCUT2D eigenvalue weighted by Gasteiger charge is 2.22. The molecule has 0 aliphatic carbocycles. The van der Waals surface area contributed by atoms with Gasteiger partial charge in [-0.05, 0) is 23.8 Å². The van der Waals surface area contributed by atoms with Gasteiger partial charge in [-0.15, -0.1) is 0 Å². The number of carboxylic acid groups (broad SMARTS) is 1. The average Bonchev–Trinajstić information content (AvgIpc) is 2.63. The number of carbonyl (C=O) groups excluding carboxylic acids is 1. The Morgan fingerprint density at radius 3 is 2.54 bits per heavy atom. The molecule has 2 N–H and O–H groups in total. The van der Waals surface area contributed by atoms with Gasteiger partial charge in [0.05, 0.1) is 18.1 Å². The monoisotopic (exact) mass is 377 g/mol. The van der Waals surface area contributed by atoms with Gasteiger partial charge in [0.15, 0.2) is 0 Å². The number of hydrogen-bond donors (Lipinski definition) is 2. The van der Waals surface area contributed by atoms with Crippen molar-refractivity contribution in [3.05, 3.63) is 64.7 Å². The zero-order valence-electron chi connectivity index (χ0n) is 14.3. The summed E-state index contributed by atoms with van der Waals surface area (Å²) in [7, 11) is 1.55. The number of benzene rings is 2. The van der Waals surface area contributed by atoms with Crippen LogP contribution >= 0.6 is 11.6 Å². The summed E-state index contributed by atoms with van der Waals surface area (Å²) in [5.41, 5.74) is 0.855. The number of hydrogen-bond acceptors (Lipinski definition) is 4. The molecule has 1 amide bonds. The van der Waals surface area contributed by atoms with E-state index in [2.05, 4.69) is 5.32 Å². The predicted octanol–water partition coefficient (Wildman–Crippen LogP) is 2.96. The minimum atomic E-state index is -1.01. The van der Waals surface area contributed by atoms with Gasteiger partial charge in [-0.3, -0.25) is 9.59 Å². The first kappa shape index (κ1) is 19.8. The minimum absolute atomic E-state index is 0.0534. The fourth-order valence-corrected chi connectivity index (χ4v) is 2.54. The summed E-state index contributed by atoms with van der Waals surface area (Å²) in [6.07, 6.45) is 0. The maximum atomic E-state index is 12.5. The molecule has 138 valence electrons. The molecule has 6 nitrogen and oxygen atoms in total. The molecule has 7 heteroatoms. The van der Waals surface area contributed by atoms with Gasteiger partial charge in [0.2, 0.25) is 0 Å². The Morgan fingerprint density at radius 1 is 1.15 bits per heavy atom. The number of nitrogens with one attached hydrogen (secondary N) is 1. The molecule has 2 aromatic carbocycles. The molecule has 0 heterocycles. The minimum Gasteiger partial charge on any atom is -0.490 e. The number of halogens is 1. The van der Waals surface area contributed by atoms with E-state index in [-0.39, 0.29) is 18.7 Å². The van der Waals surface area contributed by atoms with E-state index in [0.717, 1.165) is 0 Å².